The number of thiophene rings is 1. The molecule has 1 aliphatic rings. The lowest BCUT2D eigenvalue weighted by Crippen LogP contribution is -2.34. The molecule has 0 amide bonds. The van der Waals surface area contributed by atoms with Gasteiger partial charge in [-0.15, -0.1) is 11.3 Å². The van der Waals surface area contributed by atoms with Crippen LogP contribution in [0.1, 0.15) is 57.2 Å². The summed E-state index contributed by atoms with van der Waals surface area (Å²) in [5.74, 6) is 2.05. The van der Waals surface area contributed by atoms with Crippen molar-refractivity contribution in [2.24, 2.45) is 0 Å². The molecular formula is C42H37N3S. The maximum atomic E-state index is 5.12. The molecule has 0 spiro atoms. The summed E-state index contributed by atoms with van der Waals surface area (Å²) >= 11 is 1.80. The van der Waals surface area contributed by atoms with Gasteiger partial charge in [0.25, 0.3) is 0 Å². The summed E-state index contributed by atoms with van der Waals surface area (Å²) in [5, 5.41) is 2.50. The summed E-state index contributed by atoms with van der Waals surface area (Å²) in [6.45, 7) is 11.8. The van der Waals surface area contributed by atoms with Crippen LogP contribution < -0.4 is 0 Å². The fraction of sp³-hybridized carbons (Fsp3) is 0.214. The Bertz CT molecular complexity index is 2260. The van der Waals surface area contributed by atoms with Crippen LogP contribution in [0.5, 0.6) is 0 Å². The monoisotopic (exact) mass is 615 g/mol. The highest BCUT2D eigenvalue weighted by Gasteiger charge is 2.37. The number of hydrogen-bond acceptors (Lipinski definition) is 4. The fourth-order valence-corrected chi connectivity index (χ4v) is 8.31. The van der Waals surface area contributed by atoms with E-state index in [1.54, 1.807) is 11.3 Å². The highest BCUT2D eigenvalue weighted by Crippen LogP contribution is 2.48. The minimum Gasteiger partial charge on any atom is -0.208 e. The predicted octanol–water partition coefficient (Wildman–Crippen LogP) is 11.6. The molecule has 0 radical (unpaired) electrons. The molecule has 0 aliphatic heterocycles. The Morgan fingerprint density at radius 1 is 0.522 bits per heavy atom. The van der Waals surface area contributed by atoms with Crippen LogP contribution in [0.2, 0.25) is 0 Å². The van der Waals surface area contributed by atoms with Gasteiger partial charge in [0.05, 0.1) is 0 Å². The van der Waals surface area contributed by atoms with Crippen molar-refractivity contribution in [3.05, 3.63) is 126 Å². The summed E-state index contributed by atoms with van der Waals surface area (Å²) in [7, 11) is 0. The molecule has 0 unspecified atom stereocenters. The third-order valence-electron chi connectivity index (χ3n) is 9.96. The molecule has 0 fully saturated rings. The lowest BCUT2D eigenvalue weighted by Gasteiger charge is -2.42. The molecule has 7 aromatic rings. The number of aromatic nitrogens is 3. The molecule has 3 nitrogen and oxygen atoms in total. The molecule has 2 aromatic heterocycles. The second-order valence-corrected chi connectivity index (χ2v) is 15.1. The minimum absolute atomic E-state index is 0.166. The zero-order valence-electron chi connectivity index (χ0n) is 27.1. The number of nitrogens with zero attached hydrogens (tertiary/aromatic N) is 3. The van der Waals surface area contributed by atoms with Gasteiger partial charge in [0, 0.05) is 36.9 Å². The Morgan fingerprint density at radius 2 is 1.09 bits per heavy atom. The van der Waals surface area contributed by atoms with Crippen LogP contribution in [0.15, 0.2) is 109 Å². The summed E-state index contributed by atoms with van der Waals surface area (Å²) in [4.78, 5) is 15.2. The van der Waals surface area contributed by atoms with E-state index in [2.05, 4.69) is 126 Å². The third kappa shape index (κ3) is 4.83. The quantitative estimate of drug-likeness (QED) is 0.198. The Hall–Kier alpha value is -4.67. The first kappa shape index (κ1) is 28.8. The van der Waals surface area contributed by atoms with E-state index in [1.807, 2.05) is 18.2 Å². The Labute approximate surface area is 275 Å². The van der Waals surface area contributed by atoms with Gasteiger partial charge in [-0.05, 0) is 70.5 Å². The molecule has 1 aliphatic carbocycles. The molecule has 0 N–H and O–H groups in total. The molecule has 8 rings (SSSR count). The van der Waals surface area contributed by atoms with E-state index in [1.165, 1.54) is 60.8 Å². The van der Waals surface area contributed by atoms with E-state index in [9.17, 15) is 0 Å². The van der Waals surface area contributed by atoms with Crippen LogP contribution in [-0.4, -0.2) is 15.0 Å². The predicted molar refractivity (Wildman–Crippen MR) is 194 cm³/mol. The SMILES string of the molecule is Cc1cc2c(cc1-c1ccc(-c3nc(-c4ccccc4)nc(-c4cccc5c4sc4ccccc45)n3)cc1)C(C)(C)CCC2(C)C. The van der Waals surface area contributed by atoms with Gasteiger partial charge in [-0.25, -0.2) is 15.0 Å². The average Bonchev–Trinajstić information content (AvgIpc) is 3.46. The first-order chi connectivity index (χ1) is 22.2. The lowest BCUT2D eigenvalue weighted by molar-refractivity contribution is 0.332. The molecule has 4 heteroatoms. The molecule has 0 atom stereocenters. The van der Waals surface area contributed by atoms with E-state index in [4.69, 9.17) is 15.0 Å². The standard InChI is InChI=1S/C42H37N3S/c1-26-24-34-35(42(4,5)23-22-41(34,2)3)25-33(26)27-18-20-29(21-19-27)39-43-38(28-12-7-6-8-13-28)44-40(45-39)32-16-11-15-31-30-14-9-10-17-36(30)46-37(31)32/h6-21,24-25H,22-23H2,1-5H3. The maximum Gasteiger partial charge on any atom is 0.165 e. The normalized spacial score (nSPS) is 15.2. The van der Waals surface area contributed by atoms with Gasteiger partial charge in [0.2, 0.25) is 0 Å². The van der Waals surface area contributed by atoms with Crippen molar-refractivity contribution >= 4 is 31.5 Å². The maximum absolute atomic E-state index is 5.12. The van der Waals surface area contributed by atoms with Gasteiger partial charge < -0.3 is 0 Å². The van der Waals surface area contributed by atoms with Gasteiger partial charge in [-0.3, -0.25) is 0 Å². The number of benzene rings is 5. The minimum atomic E-state index is 0.166. The van der Waals surface area contributed by atoms with E-state index in [0.29, 0.717) is 17.5 Å². The Balaban J connectivity index is 1.25. The third-order valence-corrected chi connectivity index (χ3v) is 11.2. The number of hydrogen-bond donors (Lipinski definition) is 0. The Morgan fingerprint density at radius 3 is 1.80 bits per heavy atom. The van der Waals surface area contributed by atoms with Crippen molar-refractivity contribution in [2.75, 3.05) is 0 Å². The zero-order chi connectivity index (χ0) is 31.6. The van der Waals surface area contributed by atoms with Gasteiger partial charge in [-0.2, -0.15) is 0 Å². The van der Waals surface area contributed by atoms with E-state index < -0.39 is 0 Å². The zero-order valence-corrected chi connectivity index (χ0v) is 27.9. The van der Waals surface area contributed by atoms with E-state index in [0.717, 1.165) is 16.7 Å². The van der Waals surface area contributed by atoms with Crippen molar-refractivity contribution < 1.29 is 0 Å². The fourth-order valence-electron chi connectivity index (χ4n) is 7.10. The van der Waals surface area contributed by atoms with Crippen LogP contribution in [0.25, 0.3) is 65.5 Å². The van der Waals surface area contributed by atoms with Crippen LogP contribution in [0.3, 0.4) is 0 Å². The second-order valence-electron chi connectivity index (χ2n) is 14.0. The van der Waals surface area contributed by atoms with Crippen molar-refractivity contribution in [1.82, 2.24) is 15.0 Å². The van der Waals surface area contributed by atoms with E-state index in [-0.39, 0.29) is 10.8 Å². The molecule has 226 valence electrons. The lowest BCUT2D eigenvalue weighted by atomic mass is 9.62. The Kier molecular flexibility index (Phi) is 6.70. The molecular weight excluding hydrogens is 579 g/mol. The van der Waals surface area contributed by atoms with Crippen molar-refractivity contribution in [1.29, 1.82) is 0 Å². The van der Waals surface area contributed by atoms with E-state index >= 15 is 0 Å². The highest BCUT2D eigenvalue weighted by atomic mass is 32.1. The molecule has 0 bridgehead atoms. The largest absolute Gasteiger partial charge is 0.208 e. The molecule has 46 heavy (non-hydrogen) atoms. The van der Waals surface area contributed by atoms with Crippen LogP contribution >= 0.6 is 11.3 Å². The molecule has 0 saturated carbocycles. The van der Waals surface area contributed by atoms with Crippen LogP contribution in [0, 0.1) is 6.92 Å². The first-order valence-electron chi connectivity index (χ1n) is 16.2. The summed E-state index contributed by atoms with van der Waals surface area (Å²) < 4.78 is 2.46. The van der Waals surface area contributed by atoms with Gasteiger partial charge in [-0.1, -0.05) is 125 Å². The summed E-state index contributed by atoms with van der Waals surface area (Å²) in [6, 6.07) is 38.9. The van der Waals surface area contributed by atoms with Crippen LogP contribution in [-0.2, 0) is 10.8 Å². The number of fused-ring (bicyclic) bond motifs is 4. The van der Waals surface area contributed by atoms with Gasteiger partial charge in [0.1, 0.15) is 0 Å². The smallest absolute Gasteiger partial charge is 0.165 e. The highest BCUT2D eigenvalue weighted by molar-refractivity contribution is 7.26. The molecule has 5 aromatic carbocycles. The van der Waals surface area contributed by atoms with Gasteiger partial charge in [0.15, 0.2) is 17.5 Å². The number of aryl methyl sites for hydroxylation is 1. The number of rotatable bonds is 4. The first-order valence-corrected chi connectivity index (χ1v) is 17.0. The summed E-state index contributed by atoms with van der Waals surface area (Å²) in [5.41, 5.74) is 10.2. The molecule has 2 heterocycles. The summed E-state index contributed by atoms with van der Waals surface area (Å²) in [6.07, 6.45) is 2.42. The van der Waals surface area contributed by atoms with Crippen molar-refractivity contribution in [3.63, 3.8) is 0 Å². The van der Waals surface area contributed by atoms with Crippen LogP contribution in [0.4, 0.5) is 0 Å². The molecule has 0 saturated heterocycles. The topological polar surface area (TPSA) is 38.7 Å². The van der Waals surface area contributed by atoms with Gasteiger partial charge >= 0.3 is 0 Å². The van der Waals surface area contributed by atoms with Crippen molar-refractivity contribution in [3.8, 4) is 45.3 Å². The second kappa shape index (κ2) is 10.7. The average molecular weight is 616 g/mol. The van der Waals surface area contributed by atoms with Crippen molar-refractivity contribution in [2.45, 2.75) is 58.3 Å².